The lowest BCUT2D eigenvalue weighted by Crippen LogP contribution is -2.39. The molecule has 4 heteroatoms. The summed E-state index contributed by atoms with van der Waals surface area (Å²) in [7, 11) is 0. The Morgan fingerprint density at radius 2 is 2.41 bits per heavy atom. The summed E-state index contributed by atoms with van der Waals surface area (Å²) in [5.41, 5.74) is 0.711. The minimum absolute atomic E-state index is 0.159. The topological polar surface area (TPSA) is 20.3 Å². The third-order valence-electron chi connectivity index (χ3n) is 2.84. The highest BCUT2D eigenvalue weighted by atomic mass is 35.5. The first-order valence-electron chi connectivity index (χ1n) is 5.78. The highest BCUT2D eigenvalue weighted by molar-refractivity contribution is 7.99. The van der Waals surface area contributed by atoms with Crippen LogP contribution in [0.3, 0.4) is 0 Å². The summed E-state index contributed by atoms with van der Waals surface area (Å²) >= 11 is 7.86. The molecule has 1 aromatic rings. The molecule has 1 unspecified atom stereocenters. The van der Waals surface area contributed by atoms with Gasteiger partial charge in [-0.2, -0.15) is 11.8 Å². The summed E-state index contributed by atoms with van der Waals surface area (Å²) in [6.07, 6.45) is 0. The van der Waals surface area contributed by atoms with E-state index in [-0.39, 0.29) is 5.78 Å². The molecule has 1 fully saturated rings. The zero-order valence-corrected chi connectivity index (χ0v) is 11.4. The van der Waals surface area contributed by atoms with Gasteiger partial charge in [-0.05, 0) is 12.1 Å². The Hall–Kier alpha value is -0.510. The Morgan fingerprint density at radius 1 is 1.59 bits per heavy atom. The van der Waals surface area contributed by atoms with Gasteiger partial charge in [0.05, 0.1) is 6.54 Å². The Morgan fingerprint density at radius 3 is 3.12 bits per heavy atom. The average molecular weight is 270 g/mol. The summed E-state index contributed by atoms with van der Waals surface area (Å²) in [6, 6.07) is 7.19. The van der Waals surface area contributed by atoms with Gasteiger partial charge in [0.15, 0.2) is 5.78 Å². The van der Waals surface area contributed by atoms with Crippen molar-refractivity contribution in [3.63, 3.8) is 0 Å². The van der Waals surface area contributed by atoms with Crippen LogP contribution in [-0.2, 0) is 0 Å². The first kappa shape index (κ1) is 12.9. The standard InChI is InChI=1S/C13H16ClNOS/c1-10-8-15(5-6-17-10)9-13(16)11-3-2-4-12(14)7-11/h2-4,7,10H,5-6,8-9H2,1H3. The van der Waals surface area contributed by atoms with E-state index in [0.29, 0.717) is 22.4 Å². The Labute approximate surface area is 111 Å². The fourth-order valence-electron chi connectivity index (χ4n) is 1.99. The van der Waals surface area contributed by atoms with Gasteiger partial charge in [0.25, 0.3) is 0 Å². The molecule has 1 aliphatic rings. The number of halogens is 1. The van der Waals surface area contributed by atoms with Crippen molar-refractivity contribution in [1.29, 1.82) is 0 Å². The molecule has 0 amide bonds. The number of carbonyl (C=O) groups excluding carboxylic acids is 1. The fraction of sp³-hybridized carbons (Fsp3) is 0.462. The van der Waals surface area contributed by atoms with Gasteiger partial charge in [-0.1, -0.05) is 30.7 Å². The van der Waals surface area contributed by atoms with Crippen LogP contribution in [0.2, 0.25) is 5.02 Å². The SMILES string of the molecule is CC1CN(CC(=O)c2cccc(Cl)c2)CCS1. The van der Waals surface area contributed by atoms with Gasteiger partial charge in [0.2, 0.25) is 0 Å². The fourth-order valence-corrected chi connectivity index (χ4v) is 3.26. The van der Waals surface area contributed by atoms with Crippen LogP contribution in [0.5, 0.6) is 0 Å². The molecule has 1 saturated heterocycles. The number of hydrogen-bond donors (Lipinski definition) is 0. The lowest BCUT2D eigenvalue weighted by molar-refractivity contribution is 0.0934. The van der Waals surface area contributed by atoms with Gasteiger partial charge in [0.1, 0.15) is 0 Å². The van der Waals surface area contributed by atoms with E-state index in [1.54, 1.807) is 12.1 Å². The lowest BCUT2D eigenvalue weighted by Gasteiger charge is -2.29. The number of carbonyl (C=O) groups is 1. The maximum absolute atomic E-state index is 12.1. The molecule has 0 aromatic heterocycles. The average Bonchev–Trinajstić information content (AvgIpc) is 2.29. The van der Waals surface area contributed by atoms with Gasteiger partial charge in [-0.15, -0.1) is 0 Å². The highest BCUT2D eigenvalue weighted by Crippen LogP contribution is 2.18. The van der Waals surface area contributed by atoms with Crippen LogP contribution in [0.4, 0.5) is 0 Å². The van der Waals surface area contributed by atoms with E-state index in [9.17, 15) is 4.79 Å². The van der Waals surface area contributed by atoms with Crippen LogP contribution in [-0.4, -0.2) is 41.3 Å². The summed E-state index contributed by atoms with van der Waals surface area (Å²) in [6.45, 7) is 4.71. The second-order valence-electron chi connectivity index (χ2n) is 4.35. The summed E-state index contributed by atoms with van der Waals surface area (Å²) in [5, 5.41) is 1.24. The van der Waals surface area contributed by atoms with Crippen LogP contribution < -0.4 is 0 Å². The number of Topliss-reactive ketones (excluding diaryl/α,β-unsaturated/α-hetero) is 1. The van der Waals surface area contributed by atoms with E-state index in [4.69, 9.17) is 11.6 Å². The molecule has 1 aromatic carbocycles. The van der Waals surface area contributed by atoms with Crippen LogP contribution >= 0.6 is 23.4 Å². The molecule has 1 atom stereocenters. The molecule has 2 nitrogen and oxygen atoms in total. The maximum Gasteiger partial charge on any atom is 0.176 e. The summed E-state index contributed by atoms with van der Waals surface area (Å²) in [4.78, 5) is 14.3. The van der Waals surface area contributed by atoms with Crippen molar-refractivity contribution in [1.82, 2.24) is 4.90 Å². The van der Waals surface area contributed by atoms with E-state index in [0.717, 1.165) is 18.8 Å². The second-order valence-corrected chi connectivity index (χ2v) is 6.33. The number of hydrogen-bond acceptors (Lipinski definition) is 3. The first-order valence-corrected chi connectivity index (χ1v) is 7.20. The van der Waals surface area contributed by atoms with Crippen molar-refractivity contribution in [2.45, 2.75) is 12.2 Å². The normalized spacial score (nSPS) is 21.4. The Bertz CT molecular complexity index is 410. The summed E-state index contributed by atoms with van der Waals surface area (Å²) < 4.78 is 0. The lowest BCUT2D eigenvalue weighted by atomic mass is 10.1. The number of rotatable bonds is 3. The Kier molecular flexibility index (Phi) is 4.48. The minimum atomic E-state index is 0.159. The molecular formula is C13H16ClNOS. The zero-order chi connectivity index (χ0) is 12.3. The van der Waals surface area contributed by atoms with Crippen LogP contribution in [0, 0.1) is 0 Å². The van der Waals surface area contributed by atoms with E-state index in [2.05, 4.69) is 11.8 Å². The number of nitrogens with zero attached hydrogens (tertiary/aromatic N) is 1. The summed E-state index contributed by atoms with van der Waals surface area (Å²) in [5.74, 6) is 1.27. The quantitative estimate of drug-likeness (QED) is 0.787. The molecule has 0 saturated carbocycles. The second kappa shape index (κ2) is 5.89. The maximum atomic E-state index is 12.1. The smallest absolute Gasteiger partial charge is 0.176 e. The van der Waals surface area contributed by atoms with Gasteiger partial charge >= 0.3 is 0 Å². The van der Waals surface area contributed by atoms with Crippen LogP contribution in [0.25, 0.3) is 0 Å². The molecule has 0 bridgehead atoms. The van der Waals surface area contributed by atoms with Gasteiger partial charge in [-0.3, -0.25) is 9.69 Å². The molecule has 0 aliphatic carbocycles. The van der Waals surface area contributed by atoms with E-state index >= 15 is 0 Å². The van der Waals surface area contributed by atoms with Crippen LogP contribution in [0.15, 0.2) is 24.3 Å². The molecular weight excluding hydrogens is 254 g/mol. The van der Waals surface area contributed by atoms with Gasteiger partial charge in [-0.25, -0.2) is 0 Å². The number of ketones is 1. The van der Waals surface area contributed by atoms with Crippen molar-refractivity contribution in [3.8, 4) is 0 Å². The molecule has 92 valence electrons. The van der Waals surface area contributed by atoms with Gasteiger partial charge in [0, 0.05) is 34.7 Å². The first-order chi connectivity index (χ1) is 8.15. The molecule has 1 heterocycles. The molecule has 1 aliphatic heterocycles. The van der Waals surface area contributed by atoms with Gasteiger partial charge < -0.3 is 0 Å². The molecule has 17 heavy (non-hydrogen) atoms. The van der Waals surface area contributed by atoms with Crippen molar-refractivity contribution < 1.29 is 4.79 Å². The predicted octanol–water partition coefficient (Wildman–Crippen LogP) is 2.96. The largest absolute Gasteiger partial charge is 0.294 e. The van der Waals surface area contributed by atoms with Crippen molar-refractivity contribution >= 4 is 29.1 Å². The monoisotopic (exact) mass is 269 g/mol. The zero-order valence-electron chi connectivity index (χ0n) is 9.86. The van der Waals surface area contributed by atoms with E-state index in [1.165, 1.54) is 0 Å². The molecule has 0 spiro atoms. The van der Waals surface area contributed by atoms with Crippen molar-refractivity contribution in [2.24, 2.45) is 0 Å². The van der Waals surface area contributed by atoms with Crippen molar-refractivity contribution in [2.75, 3.05) is 25.4 Å². The van der Waals surface area contributed by atoms with E-state index in [1.807, 2.05) is 23.9 Å². The number of thioether (sulfide) groups is 1. The Balaban J connectivity index is 1.97. The number of benzene rings is 1. The predicted molar refractivity (Wildman–Crippen MR) is 74.1 cm³/mol. The van der Waals surface area contributed by atoms with E-state index < -0.39 is 0 Å². The molecule has 2 rings (SSSR count). The van der Waals surface area contributed by atoms with Crippen LogP contribution in [0.1, 0.15) is 17.3 Å². The third-order valence-corrected chi connectivity index (χ3v) is 4.21. The molecule has 0 N–H and O–H groups in total. The third kappa shape index (κ3) is 3.73. The highest BCUT2D eigenvalue weighted by Gasteiger charge is 2.19. The molecule has 0 radical (unpaired) electrons. The minimum Gasteiger partial charge on any atom is -0.294 e. The van der Waals surface area contributed by atoms with Crippen molar-refractivity contribution in [3.05, 3.63) is 34.9 Å².